The van der Waals surface area contributed by atoms with Crippen molar-refractivity contribution in [3.8, 4) is 0 Å². The van der Waals surface area contributed by atoms with Gasteiger partial charge in [0, 0.05) is 10.7 Å². The lowest BCUT2D eigenvalue weighted by Crippen LogP contribution is -2.18. The van der Waals surface area contributed by atoms with Crippen molar-refractivity contribution >= 4 is 21.4 Å². The topological polar surface area (TPSA) is 25.2 Å². The first kappa shape index (κ1) is 11.5. The van der Waals surface area contributed by atoms with Crippen molar-refractivity contribution in [3.05, 3.63) is 59.4 Å². The minimum absolute atomic E-state index is 0.332. The van der Waals surface area contributed by atoms with E-state index < -0.39 is 0 Å². The Balaban J connectivity index is 1.96. The van der Waals surface area contributed by atoms with E-state index in [1.54, 1.807) is 17.6 Å². The zero-order chi connectivity index (χ0) is 12.4. The molecule has 2 aromatic heterocycles. The second-order valence-corrected chi connectivity index (χ2v) is 5.28. The predicted octanol–water partition coefficient (Wildman–Crippen LogP) is 4.00. The fraction of sp³-hybridized carbons (Fsp3) is 0.200. The van der Waals surface area contributed by atoms with Crippen LogP contribution in [0.15, 0.2) is 52.7 Å². The molecule has 1 unspecified atom stereocenters. The Morgan fingerprint density at radius 3 is 2.94 bits per heavy atom. The van der Waals surface area contributed by atoms with Gasteiger partial charge in [0.25, 0.3) is 0 Å². The predicted molar refractivity (Wildman–Crippen MR) is 76.0 cm³/mol. The van der Waals surface area contributed by atoms with Crippen LogP contribution in [-0.2, 0) is 6.42 Å². The van der Waals surface area contributed by atoms with E-state index >= 15 is 0 Å². The third kappa shape index (κ3) is 2.07. The van der Waals surface area contributed by atoms with Crippen molar-refractivity contribution in [2.24, 2.45) is 0 Å². The molecule has 0 fully saturated rings. The normalized spacial score (nSPS) is 12.9. The average molecular weight is 257 g/mol. The Hall–Kier alpha value is -1.58. The quantitative estimate of drug-likeness (QED) is 0.764. The third-order valence-electron chi connectivity index (χ3n) is 3.25. The molecule has 1 N–H and O–H groups in total. The van der Waals surface area contributed by atoms with Gasteiger partial charge in [-0.25, -0.2) is 0 Å². The second-order valence-electron chi connectivity index (χ2n) is 4.36. The Labute approximate surface area is 110 Å². The van der Waals surface area contributed by atoms with Crippen LogP contribution in [0.2, 0.25) is 0 Å². The molecule has 1 atom stereocenters. The molecular weight excluding hydrogens is 242 g/mol. The maximum absolute atomic E-state index is 5.14. The largest absolute Gasteiger partial charge is 0.472 e. The molecule has 1 aromatic carbocycles. The number of likely N-dealkylation sites (N-methyl/N-ethyl adjacent to an activating group) is 1. The molecule has 3 rings (SSSR count). The Kier molecular flexibility index (Phi) is 3.17. The number of rotatable bonds is 4. The van der Waals surface area contributed by atoms with Crippen molar-refractivity contribution in [1.82, 2.24) is 5.32 Å². The number of furan rings is 1. The molecule has 0 aliphatic rings. The average Bonchev–Trinajstić information content (AvgIpc) is 3.05. The van der Waals surface area contributed by atoms with E-state index in [1.165, 1.54) is 21.2 Å². The van der Waals surface area contributed by atoms with Crippen LogP contribution in [0.1, 0.15) is 17.2 Å². The molecule has 18 heavy (non-hydrogen) atoms. The van der Waals surface area contributed by atoms with Gasteiger partial charge in [-0.1, -0.05) is 18.2 Å². The summed E-state index contributed by atoms with van der Waals surface area (Å²) < 4.78 is 6.49. The van der Waals surface area contributed by atoms with Crippen molar-refractivity contribution < 1.29 is 4.42 Å². The number of hydrogen-bond donors (Lipinski definition) is 1. The van der Waals surface area contributed by atoms with Gasteiger partial charge in [-0.05, 0) is 47.5 Å². The molecule has 0 saturated carbocycles. The van der Waals surface area contributed by atoms with Gasteiger partial charge in [-0.2, -0.15) is 0 Å². The van der Waals surface area contributed by atoms with Crippen LogP contribution in [0.5, 0.6) is 0 Å². The van der Waals surface area contributed by atoms with Gasteiger partial charge in [0.05, 0.1) is 12.5 Å². The molecule has 0 saturated heterocycles. The third-order valence-corrected chi connectivity index (χ3v) is 4.24. The highest BCUT2D eigenvalue weighted by atomic mass is 32.1. The first-order valence-corrected chi connectivity index (χ1v) is 6.91. The molecule has 0 radical (unpaired) electrons. The van der Waals surface area contributed by atoms with Gasteiger partial charge < -0.3 is 9.73 Å². The van der Waals surface area contributed by atoms with Crippen molar-refractivity contribution in [2.75, 3.05) is 7.05 Å². The summed E-state index contributed by atoms with van der Waals surface area (Å²) in [5.41, 5.74) is 2.60. The molecule has 2 nitrogen and oxygen atoms in total. The van der Waals surface area contributed by atoms with Crippen LogP contribution in [0.25, 0.3) is 10.1 Å². The summed E-state index contributed by atoms with van der Waals surface area (Å²) in [4.78, 5) is 0. The lowest BCUT2D eigenvalue weighted by Gasteiger charge is -2.14. The summed E-state index contributed by atoms with van der Waals surface area (Å²) in [5.74, 6) is 0. The van der Waals surface area contributed by atoms with Crippen LogP contribution in [-0.4, -0.2) is 7.05 Å². The van der Waals surface area contributed by atoms with Crippen molar-refractivity contribution in [1.29, 1.82) is 0 Å². The smallest absolute Gasteiger partial charge is 0.0935 e. The number of nitrogens with one attached hydrogen (secondary N) is 1. The van der Waals surface area contributed by atoms with E-state index in [0.29, 0.717) is 6.04 Å². The van der Waals surface area contributed by atoms with Gasteiger partial charge in [-0.3, -0.25) is 0 Å². The molecule has 0 aliphatic heterocycles. The molecule has 92 valence electrons. The van der Waals surface area contributed by atoms with E-state index in [-0.39, 0.29) is 0 Å². The number of hydrogen-bond acceptors (Lipinski definition) is 3. The van der Waals surface area contributed by atoms with Gasteiger partial charge in [0.1, 0.15) is 0 Å². The summed E-state index contributed by atoms with van der Waals surface area (Å²) in [7, 11) is 2.01. The lowest BCUT2D eigenvalue weighted by atomic mass is 10.00. The van der Waals surface area contributed by atoms with Crippen LogP contribution < -0.4 is 5.32 Å². The molecule has 0 bridgehead atoms. The molecule has 0 aliphatic carbocycles. The molecule has 3 aromatic rings. The number of fused-ring (bicyclic) bond motifs is 1. The Bertz CT molecular complexity index is 627. The van der Waals surface area contributed by atoms with Gasteiger partial charge >= 0.3 is 0 Å². The van der Waals surface area contributed by atoms with E-state index in [0.717, 1.165) is 6.42 Å². The first-order chi connectivity index (χ1) is 8.88. The highest BCUT2D eigenvalue weighted by molar-refractivity contribution is 7.17. The van der Waals surface area contributed by atoms with Crippen molar-refractivity contribution in [3.63, 3.8) is 0 Å². The number of thiophene rings is 1. The maximum atomic E-state index is 5.14. The molecule has 0 spiro atoms. The second kappa shape index (κ2) is 4.96. The monoisotopic (exact) mass is 257 g/mol. The molecular formula is C15H15NOS. The van der Waals surface area contributed by atoms with Crippen LogP contribution in [0, 0.1) is 0 Å². The zero-order valence-corrected chi connectivity index (χ0v) is 11.0. The summed E-state index contributed by atoms with van der Waals surface area (Å²) >= 11 is 1.81. The summed E-state index contributed by atoms with van der Waals surface area (Å²) in [6.45, 7) is 0. The summed E-state index contributed by atoms with van der Waals surface area (Å²) in [5, 5.41) is 7.01. The molecule has 0 amide bonds. The van der Waals surface area contributed by atoms with E-state index in [1.807, 2.05) is 19.4 Å². The maximum Gasteiger partial charge on any atom is 0.0935 e. The van der Waals surface area contributed by atoms with E-state index in [4.69, 9.17) is 4.42 Å². The minimum Gasteiger partial charge on any atom is -0.472 e. The minimum atomic E-state index is 0.332. The fourth-order valence-electron chi connectivity index (χ4n) is 2.28. The fourth-order valence-corrected chi connectivity index (χ4v) is 3.30. The Morgan fingerprint density at radius 2 is 2.17 bits per heavy atom. The van der Waals surface area contributed by atoms with Gasteiger partial charge in [-0.15, -0.1) is 11.3 Å². The van der Waals surface area contributed by atoms with Crippen LogP contribution in [0.4, 0.5) is 0 Å². The summed E-state index contributed by atoms with van der Waals surface area (Å²) in [6.07, 6.45) is 4.50. The first-order valence-electron chi connectivity index (χ1n) is 6.03. The van der Waals surface area contributed by atoms with Crippen molar-refractivity contribution in [2.45, 2.75) is 12.5 Å². The van der Waals surface area contributed by atoms with Gasteiger partial charge in [0.15, 0.2) is 0 Å². The number of benzene rings is 1. The van der Waals surface area contributed by atoms with E-state index in [2.05, 4.69) is 35.0 Å². The highest BCUT2D eigenvalue weighted by Crippen LogP contribution is 2.31. The van der Waals surface area contributed by atoms with E-state index in [9.17, 15) is 0 Å². The van der Waals surface area contributed by atoms with Gasteiger partial charge in [0.2, 0.25) is 0 Å². The lowest BCUT2D eigenvalue weighted by molar-refractivity contribution is 0.553. The highest BCUT2D eigenvalue weighted by Gasteiger charge is 2.15. The van der Waals surface area contributed by atoms with Crippen LogP contribution >= 0.6 is 11.3 Å². The Morgan fingerprint density at radius 1 is 1.28 bits per heavy atom. The zero-order valence-electron chi connectivity index (χ0n) is 10.2. The molecule has 3 heteroatoms. The standard InChI is InChI=1S/C15H15NOS/c1-16-14(8-11-6-7-17-9-11)13-10-18-15-5-3-2-4-12(13)15/h2-7,9-10,14,16H,8H2,1H3. The summed E-state index contributed by atoms with van der Waals surface area (Å²) in [6, 6.07) is 10.9. The van der Waals surface area contributed by atoms with Crippen LogP contribution in [0.3, 0.4) is 0 Å². The SMILES string of the molecule is CNC(Cc1ccoc1)c1csc2ccccc12. The molecule has 2 heterocycles.